The molecule has 204 valence electrons. The standard InChI is InChI=1S/C30H61NO3/c1-5-6-7-8-9-10-11-12-13-14-15-16-17-18-20-23-26-30(2,34)28-31(3,4)27-24-21-19-22-25-29(32)33/h34H,5-28H2,1-4H3. The Morgan fingerprint density at radius 2 is 1.06 bits per heavy atom. The van der Waals surface area contributed by atoms with Crippen molar-refractivity contribution in [2.45, 2.75) is 161 Å². The number of carbonyl (C=O) groups is 1. The Morgan fingerprint density at radius 3 is 1.50 bits per heavy atom. The van der Waals surface area contributed by atoms with Gasteiger partial charge in [-0.3, -0.25) is 0 Å². The van der Waals surface area contributed by atoms with E-state index in [1.165, 1.54) is 96.3 Å². The van der Waals surface area contributed by atoms with Gasteiger partial charge in [-0.15, -0.1) is 0 Å². The molecule has 0 aliphatic heterocycles. The van der Waals surface area contributed by atoms with Crippen molar-refractivity contribution in [3.05, 3.63) is 0 Å². The fourth-order valence-electron chi connectivity index (χ4n) is 5.30. The molecule has 0 aliphatic carbocycles. The van der Waals surface area contributed by atoms with Crippen molar-refractivity contribution in [1.29, 1.82) is 0 Å². The zero-order valence-corrected chi connectivity index (χ0v) is 23.7. The van der Waals surface area contributed by atoms with Gasteiger partial charge in [-0.05, 0) is 39.0 Å². The number of nitrogens with zero attached hydrogens (tertiary/aromatic N) is 1. The van der Waals surface area contributed by atoms with Crippen LogP contribution in [0.4, 0.5) is 0 Å². The van der Waals surface area contributed by atoms with Crippen molar-refractivity contribution in [1.82, 2.24) is 0 Å². The summed E-state index contributed by atoms with van der Waals surface area (Å²) in [5, 5.41) is 21.3. The van der Waals surface area contributed by atoms with Gasteiger partial charge < -0.3 is 19.5 Å². The molecule has 0 aromatic heterocycles. The Kier molecular flexibility index (Phi) is 21.3. The third-order valence-corrected chi connectivity index (χ3v) is 7.23. The van der Waals surface area contributed by atoms with E-state index >= 15 is 0 Å². The average molecular weight is 484 g/mol. The third kappa shape index (κ3) is 24.5. The predicted molar refractivity (Wildman–Crippen MR) is 145 cm³/mol. The molecule has 0 saturated heterocycles. The summed E-state index contributed by atoms with van der Waals surface area (Å²) < 4.78 is 0.826. The van der Waals surface area contributed by atoms with E-state index < -0.39 is 11.6 Å². The Bertz CT molecular complexity index is 462. The van der Waals surface area contributed by atoms with E-state index in [4.69, 9.17) is 0 Å². The Hall–Kier alpha value is -0.610. The lowest BCUT2D eigenvalue weighted by molar-refractivity contribution is -0.896. The van der Waals surface area contributed by atoms with Gasteiger partial charge >= 0.3 is 0 Å². The molecule has 0 spiro atoms. The molecule has 4 nitrogen and oxygen atoms in total. The fourth-order valence-corrected chi connectivity index (χ4v) is 5.30. The summed E-state index contributed by atoms with van der Waals surface area (Å²) in [7, 11) is 4.40. The van der Waals surface area contributed by atoms with Crippen LogP contribution in [0.3, 0.4) is 0 Å². The van der Waals surface area contributed by atoms with Gasteiger partial charge in [-0.2, -0.15) is 0 Å². The normalized spacial score (nSPS) is 13.8. The fraction of sp³-hybridized carbons (Fsp3) is 0.967. The van der Waals surface area contributed by atoms with Gasteiger partial charge in [0.25, 0.3) is 0 Å². The molecule has 0 rings (SSSR count). The van der Waals surface area contributed by atoms with Gasteiger partial charge in [0.05, 0.1) is 20.6 Å². The van der Waals surface area contributed by atoms with E-state index in [0.717, 1.165) is 49.7 Å². The highest BCUT2D eigenvalue weighted by molar-refractivity contribution is 5.64. The van der Waals surface area contributed by atoms with Crippen molar-refractivity contribution < 1.29 is 19.5 Å². The first-order valence-electron chi connectivity index (χ1n) is 14.9. The van der Waals surface area contributed by atoms with Crippen LogP contribution >= 0.6 is 0 Å². The molecule has 1 atom stereocenters. The topological polar surface area (TPSA) is 60.4 Å². The lowest BCUT2D eigenvalue weighted by atomic mass is 9.96. The maximum atomic E-state index is 10.9. The molecule has 1 N–H and O–H groups in total. The number of quaternary nitrogens is 1. The van der Waals surface area contributed by atoms with Crippen LogP contribution in [0.5, 0.6) is 0 Å². The summed E-state index contributed by atoms with van der Waals surface area (Å²) in [6.07, 6.45) is 26.8. The van der Waals surface area contributed by atoms with Crippen molar-refractivity contribution >= 4 is 5.97 Å². The summed E-state index contributed by atoms with van der Waals surface area (Å²) in [4.78, 5) is 10.5. The van der Waals surface area contributed by atoms with Crippen LogP contribution in [0.1, 0.15) is 155 Å². The largest absolute Gasteiger partial charge is 0.550 e. The molecular formula is C30H61NO3. The van der Waals surface area contributed by atoms with Crippen LogP contribution in [0.2, 0.25) is 0 Å². The number of likely N-dealkylation sites (N-methyl/N-ethyl adjacent to an activating group) is 1. The molecule has 0 fully saturated rings. The first-order chi connectivity index (χ1) is 16.2. The van der Waals surface area contributed by atoms with E-state index in [1.54, 1.807) is 0 Å². The molecule has 0 aliphatic rings. The summed E-state index contributed by atoms with van der Waals surface area (Å²) in [5.41, 5.74) is -0.603. The lowest BCUT2D eigenvalue weighted by Gasteiger charge is -2.36. The van der Waals surface area contributed by atoms with Gasteiger partial charge in [-0.25, -0.2) is 0 Å². The minimum absolute atomic E-state index is 0.173. The number of carbonyl (C=O) groups excluding carboxylic acids is 1. The number of rotatable bonds is 26. The van der Waals surface area contributed by atoms with Gasteiger partial charge in [0.2, 0.25) is 0 Å². The lowest BCUT2D eigenvalue weighted by Crippen LogP contribution is -2.50. The highest BCUT2D eigenvalue weighted by Crippen LogP contribution is 2.20. The number of aliphatic carboxylic acids is 1. The Morgan fingerprint density at radius 1 is 0.676 bits per heavy atom. The molecule has 4 heteroatoms. The summed E-state index contributed by atoms with van der Waals surface area (Å²) >= 11 is 0. The van der Waals surface area contributed by atoms with Gasteiger partial charge in [0.1, 0.15) is 12.1 Å². The third-order valence-electron chi connectivity index (χ3n) is 7.23. The van der Waals surface area contributed by atoms with Crippen LogP contribution in [0.25, 0.3) is 0 Å². The SMILES string of the molecule is CCCCCCCCCCCCCCCCCCC(C)(O)C[N+](C)(C)CCCCCCC(=O)[O-]. The first-order valence-corrected chi connectivity index (χ1v) is 14.9. The van der Waals surface area contributed by atoms with Crippen molar-refractivity contribution in [3.63, 3.8) is 0 Å². The second kappa shape index (κ2) is 21.7. The van der Waals surface area contributed by atoms with Crippen molar-refractivity contribution in [2.24, 2.45) is 0 Å². The van der Waals surface area contributed by atoms with Crippen LogP contribution in [0, 0.1) is 0 Å². The molecule has 1 unspecified atom stereocenters. The second-order valence-corrected chi connectivity index (χ2v) is 11.9. The molecule has 0 amide bonds. The van der Waals surface area contributed by atoms with Crippen molar-refractivity contribution in [2.75, 3.05) is 27.2 Å². The maximum Gasteiger partial charge on any atom is 0.111 e. The Balaban J connectivity index is 3.56. The summed E-state index contributed by atoms with van der Waals surface area (Å²) in [6.45, 7) is 6.09. The van der Waals surface area contributed by atoms with E-state index in [-0.39, 0.29) is 6.42 Å². The molecular weight excluding hydrogens is 422 g/mol. The number of carboxylic acid groups (broad SMARTS) is 1. The molecule has 0 saturated carbocycles. The number of carboxylic acids is 1. The minimum Gasteiger partial charge on any atom is -0.550 e. The monoisotopic (exact) mass is 483 g/mol. The molecule has 34 heavy (non-hydrogen) atoms. The number of aliphatic hydroxyl groups is 1. The van der Waals surface area contributed by atoms with E-state index in [1.807, 2.05) is 6.92 Å². The van der Waals surface area contributed by atoms with Crippen LogP contribution in [0.15, 0.2) is 0 Å². The summed E-state index contributed by atoms with van der Waals surface area (Å²) in [5.74, 6) is -0.943. The maximum absolute atomic E-state index is 10.9. The molecule has 0 radical (unpaired) electrons. The van der Waals surface area contributed by atoms with Crippen LogP contribution in [-0.2, 0) is 4.79 Å². The number of hydrogen-bond donors (Lipinski definition) is 1. The Labute approximate surface area is 213 Å². The van der Waals surface area contributed by atoms with Crippen LogP contribution < -0.4 is 5.11 Å². The van der Waals surface area contributed by atoms with E-state index in [2.05, 4.69) is 21.0 Å². The van der Waals surface area contributed by atoms with Gasteiger partial charge in [0.15, 0.2) is 0 Å². The first kappa shape index (κ1) is 33.4. The van der Waals surface area contributed by atoms with Gasteiger partial charge in [-0.1, -0.05) is 116 Å². The van der Waals surface area contributed by atoms with Gasteiger partial charge in [0, 0.05) is 5.97 Å². The van der Waals surface area contributed by atoms with Crippen molar-refractivity contribution in [3.8, 4) is 0 Å². The second-order valence-electron chi connectivity index (χ2n) is 11.9. The zero-order chi connectivity index (χ0) is 25.5. The smallest absolute Gasteiger partial charge is 0.111 e. The number of unbranched alkanes of at least 4 members (excludes halogenated alkanes) is 18. The average Bonchev–Trinajstić information content (AvgIpc) is 2.74. The highest BCUT2D eigenvalue weighted by atomic mass is 16.4. The molecule has 0 heterocycles. The molecule has 0 aromatic rings. The van der Waals surface area contributed by atoms with E-state index in [9.17, 15) is 15.0 Å². The zero-order valence-electron chi connectivity index (χ0n) is 23.7. The van der Waals surface area contributed by atoms with E-state index in [0.29, 0.717) is 6.42 Å². The number of hydrogen-bond acceptors (Lipinski definition) is 3. The minimum atomic E-state index is -0.943. The summed E-state index contributed by atoms with van der Waals surface area (Å²) in [6, 6.07) is 0. The molecule has 0 aromatic carbocycles. The highest BCUT2D eigenvalue weighted by Gasteiger charge is 2.29. The molecule has 0 bridgehead atoms. The predicted octanol–water partition coefficient (Wildman–Crippen LogP) is 7.17. The quantitative estimate of drug-likeness (QED) is 0.105. The van der Waals surface area contributed by atoms with Crippen LogP contribution in [-0.4, -0.2) is 48.3 Å².